The van der Waals surface area contributed by atoms with Crippen LogP contribution in [0.3, 0.4) is 0 Å². The molecule has 0 saturated carbocycles. The Labute approximate surface area is 276 Å². The van der Waals surface area contributed by atoms with E-state index in [4.69, 9.17) is 13.9 Å². The molecule has 1 aliphatic rings. The zero-order valence-corrected chi connectivity index (χ0v) is 28.7. The number of sulfonamides is 1. The molecule has 0 aliphatic carbocycles. The molecule has 3 heterocycles. The summed E-state index contributed by atoms with van der Waals surface area (Å²) in [5.74, 6) is 0.133. The molecule has 12 nitrogen and oxygen atoms in total. The minimum atomic E-state index is -4.18. The van der Waals surface area contributed by atoms with Crippen LogP contribution in [0.4, 0.5) is 12.0 Å². The van der Waals surface area contributed by atoms with Crippen molar-refractivity contribution >= 4 is 27.9 Å². The van der Waals surface area contributed by atoms with Crippen LogP contribution in [0, 0.1) is 19.3 Å². The van der Waals surface area contributed by atoms with Gasteiger partial charge in [-0.1, -0.05) is 45.0 Å². The van der Waals surface area contributed by atoms with Crippen molar-refractivity contribution in [3.8, 4) is 17.1 Å². The van der Waals surface area contributed by atoms with Crippen LogP contribution < -0.4 is 14.4 Å². The van der Waals surface area contributed by atoms with Crippen molar-refractivity contribution in [2.45, 2.75) is 58.5 Å². The molecule has 0 spiro atoms. The van der Waals surface area contributed by atoms with Crippen molar-refractivity contribution < 1.29 is 27.1 Å². The highest BCUT2D eigenvalue weighted by Gasteiger charge is 2.32. The lowest BCUT2D eigenvalue weighted by Crippen LogP contribution is -2.45. The number of benzene rings is 2. The molecule has 0 unspecified atom stereocenters. The third kappa shape index (κ3) is 8.09. The average molecular weight is 663 g/mol. The molecule has 47 heavy (non-hydrogen) atoms. The van der Waals surface area contributed by atoms with Gasteiger partial charge in [-0.05, 0) is 55.0 Å². The Morgan fingerprint density at radius 2 is 1.81 bits per heavy atom. The molecule has 4 aromatic rings. The van der Waals surface area contributed by atoms with Crippen molar-refractivity contribution in [1.82, 2.24) is 19.9 Å². The predicted octanol–water partition coefficient (Wildman–Crippen LogP) is 5.47. The largest absolute Gasteiger partial charge is 0.475 e. The van der Waals surface area contributed by atoms with Gasteiger partial charge in [0.25, 0.3) is 21.9 Å². The SMILES string of the molecule is COCCN(C)c1ncc(CN2C(=O)c3cccc(c3)S(=O)(=O)Nc3nc(cc(-c4c(C)cccc4C)n3)OC[C@H]2CC(C)(C)C)o1. The van der Waals surface area contributed by atoms with Crippen molar-refractivity contribution in [3.63, 3.8) is 0 Å². The van der Waals surface area contributed by atoms with Crippen LogP contribution in [0.1, 0.15) is 54.4 Å². The molecule has 1 amide bonds. The predicted molar refractivity (Wildman–Crippen MR) is 179 cm³/mol. The number of rotatable bonds is 8. The first-order valence-electron chi connectivity index (χ1n) is 15.4. The number of hydrogen-bond donors (Lipinski definition) is 1. The molecule has 0 radical (unpaired) electrons. The van der Waals surface area contributed by atoms with E-state index in [-0.39, 0.29) is 46.8 Å². The van der Waals surface area contributed by atoms with E-state index in [9.17, 15) is 13.2 Å². The summed E-state index contributed by atoms with van der Waals surface area (Å²) in [6.07, 6.45) is 2.16. The maximum absolute atomic E-state index is 14.3. The zero-order valence-electron chi connectivity index (χ0n) is 27.9. The van der Waals surface area contributed by atoms with Crippen LogP contribution in [0.15, 0.2) is 64.0 Å². The van der Waals surface area contributed by atoms with Crippen LogP contribution >= 0.6 is 0 Å². The van der Waals surface area contributed by atoms with Gasteiger partial charge in [-0.3, -0.25) is 4.79 Å². The number of nitrogens with one attached hydrogen (secondary N) is 1. The van der Waals surface area contributed by atoms with Gasteiger partial charge in [0, 0.05) is 37.9 Å². The first-order chi connectivity index (χ1) is 22.2. The number of carbonyl (C=O) groups excluding carboxylic acids is 1. The number of methoxy groups -OCH3 is 1. The molecular weight excluding hydrogens is 620 g/mol. The number of aryl methyl sites for hydroxylation is 2. The number of carbonyl (C=O) groups is 1. The second-order valence-electron chi connectivity index (χ2n) is 13.0. The minimum Gasteiger partial charge on any atom is -0.475 e. The van der Waals surface area contributed by atoms with Crippen LogP contribution in [0.2, 0.25) is 0 Å². The topological polar surface area (TPSA) is 140 Å². The van der Waals surface area contributed by atoms with Gasteiger partial charge < -0.3 is 23.7 Å². The molecule has 0 fully saturated rings. The van der Waals surface area contributed by atoms with E-state index in [2.05, 4.69) is 40.4 Å². The molecule has 0 saturated heterocycles. The Kier molecular flexibility index (Phi) is 9.87. The second kappa shape index (κ2) is 13.7. The number of likely N-dealkylation sites (N-methyl/N-ethyl adjacent to an activating group) is 1. The standard InChI is InChI=1S/C34H42N6O6S/c1-22-10-8-11-23(2)30(22)28-17-29-37-32(36-28)38-47(42,43)27-13-9-12-24(16-27)31(41)40(25(21-45-29)18-34(3,4)5)20-26-19-35-33(46-26)39(6)14-15-44-7/h8-13,16-17,19,25H,14-15,18,20-21H2,1-7H3,(H,36,37,38)/t25-/m1/s1. The highest BCUT2D eigenvalue weighted by Crippen LogP contribution is 2.32. The Balaban J connectivity index is 1.62. The van der Waals surface area contributed by atoms with Gasteiger partial charge >= 0.3 is 0 Å². The number of ether oxygens (including phenoxy) is 2. The smallest absolute Gasteiger partial charge is 0.297 e. The fourth-order valence-electron chi connectivity index (χ4n) is 5.59. The van der Waals surface area contributed by atoms with Crippen molar-refractivity contribution in [2.75, 3.05) is 43.5 Å². The van der Waals surface area contributed by atoms with E-state index in [0.29, 0.717) is 37.0 Å². The lowest BCUT2D eigenvalue weighted by molar-refractivity contribution is 0.0493. The molecule has 4 bridgehead atoms. The molecule has 1 atom stereocenters. The fraction of sp³-hybridized carbons (Fsp3) is 0.412. The fourth-order valence-corrected chi connectivity index (χ4v) is 6.57. The minimum absolute atomic E-state index is 0.0754. The van der Waals surface area contributed by atoms with E-state index < -0.39 is 16.1 Å². The normalized spacial score (nSPS) is 16.4. The number of oxazole rings is 1. The quantitative estimate of drug-likeness (QED) is 0.258. The molecule has 2 aromatic carbocycles. The summed E-state index contributed by atoms with van der Waals surface area (Å²) in [5.41, 5.74) is 3.30. The van der Waals surface area contributed by atoms with Gasteiger partial charge in [-0.15, -0.1) is 0 Å². The summed E-state index contributed by atoms with van der Waals surface area (Å²) >= 11 is 0. The Morgan fingerprint density at radius 1 is 1.09 bits per heavy atom. The number of amides is 1. The number of hydrogen-bond acceptors (Lipinski definition) is 10. The Bertz CT molecular complexity index is 1830. The van der Waals surface area contributed by atoms with Gasteiger partial charge in [0.15, 0.2) is 0 Å². The third-order valence-electron chi connectivity index (χ3n) is 7.85. The first-order valence-corrected chi connectivity index (χ1v) is 16.9. The molecule has 1 aliphatic heterocycles. The summed E-state index contributed by atoms with van der Waals surface area (Å²) in [7, 11) is -0.709. The van der Waals surface area contributed by atoms with Gasteiger partial charge in [-0.25, -0.2) is 23.1 Å². The first kappa shape index (κ1) is 33.9. The highest BCUT2D eigenvalue weighted by molar-refractivity contribution is 7.92. The molecule has 2 aromatic heterocycles. The average Bonchev–Trinajstić information content (AvgIpc) is 3.48. The van der Waals surface area contributed by atoms with Crippen molar-refractivity contribution in [1.29, 1.82) is 0 Å². The van der Waals surface area contributed by atoms with Crippen molar-refractivity contribution in [2.24, 2.45) is 5.41 Å². The second-order valence-corrected chi connectivity index (χ2v) is 14.7. The van der Waals surface area contributed by atoms with E-state index in [0.717, 1.165) is 16.7 Å². The molecular formula is C34H42N6O6S. The van der Waals surface area contributed by atoms with E-state index in [1.807, 2.05) is 44.0 Å². The summed E-state index contributed by atoms with van der Waals surface area (Å²) in [6.45, 7) is 11.4. The summed E-state index contributed by atoms with van der Waals surface area (Å²) in [6, 6.07) is 13.5. The number of nitrogens with zero attached hydrogens (tertiary/aromatic N) is 5. The number of fused-ring (bicyclic) bond motifs is 4. The maximum Gasteiger partial charge on any atom is 0.297 e. The highest BCUT2D eigenvalue weighted by atomic mass is 32.2. The number of aromatic nitrogens is 3. The maximum atomic E-state index is 14.3. The van der Waals surface area contributed by atoms with Crippen LogP contribution in [0.5, 0.6) is 5.88 Å². The van der Waals surface area contributed by atoms with Gasteiger partial charge in [0.05, 0.1) is 36.0 Å². The van der Waals surface area contributed by atoms with Gasteiger partial charge in [0.2, 0.25) is 11.8 Å². The third-order valence-corrected chi connectivity index (χ3v) is 9.18. The summed E-state index contributed by atoms with van der Waals surface area (Å²) in [5, 5.41) is 0. The van der Waals surface area contributed by atoms with Crippen LogP contribution in [-0.2, 0) is 21.3 Å². The van der Waals surface area contributed by atoms with E-state index >= 15 is 0 Å². The van der Waals surface area contributed by atoms with E-state index in [1.54, 1.807) is 36.4 Å². The monoisotopic (exact) mass is 662 g/mol. The zero-order chi connectivity index (χ0) is 33.9. The van der Waals surface area contributed by atoms with Crippen LogP contribution in [-0.4, -0.2) is 74.1 Å². The summed E-state index contributed by atoms with van der Waals surface area (Å²) < 4.78 is 47.4. The Morgan fingerprint density at radius 3 is 2.51 bits per heavy atom. The van der Waals surface area contributed by atoms with Crippen molar-refractivity contribution in [3.05, 3.63) is 77.2 Å². The lowest BCUT2D eigenvalue weighted by Gasteiger charge is -2.35. The number of anilines is 2. The van der Waals surface area contributed by atoms with Crippen LogP contribution in [0.25, 0.3) is 11.3 Å². The Hall–Kier alpha value is -4.49. The van der Waals surface area contributed by atoms with E-state index in [1.165, 1.54) is 12.1 Å². The molecule has 13 heteroatoms. The molecule has 5 rings (SSSR count). The van der Waals surface area contributed by atoms with Gasteiger partial charge in [0.1, 0.15) is 12.4 Å². The summed E-state index contributed by atoms with van der Waals surface area (Å²) in [4.78, 5) is 31.2. The lowest BCUT2D eigenvalue weighted by atomic mass is 9.87. The molecule has 250 valence electrons. The molecule has 1 N–H and O–H groups in total. The van der Waals surface area contributed by atoms with Gasteiger partial charge in [-0.2, -0.15) is 4.98 Å².